The molecule has 2 N–H and O–H groups in total. The van der Waals surface area contributed by atoms with E-state index in [-0.39, 0.29) is 23.5 Å². The summed E-state index contributed by atoms with van der Waals surface area (Å²) in [5.41, 5.74) is 0.626. The van der Waals surface area contributed by atoms with Crippen LogP contribution in [-0.2, 0) is 0 Å². The molecular weight excluding hydrogens is 283 g/mol. The SMILES string of the molecule is O=C(N[C@@H]1C[C@H]2CC[C@@H]1N2)c1ccc(-c2cccc(F)c2)o1. The van der Waals surface area contributed by atoms with Gasteiger partial charge < -0.3 is 15.1 Å². The molecule has 22 heavy (non-hydrogen) atoms. The molecule has 2 bridgehead atoms. The van der Waals surface area contributed by atoms with Gasteiger partial charge in [0, 0.05) is 23.7 Å². The molecule has 2 aliphatic heterocycles. The summed E-state index contributed by atoms with van der Waals surface area (Å²) in [5, 5.41) is 6.52. The van der Waals surface area contributed by atoms with Crippen molar-refractivity contribution in [3.05, 3.63) is 48.0 Å². The molecule has 2 aromatic rings. The summed E-state index contributed by atoms with van der Waals surface area (Å²) in [5.74, 6) is 0.229. The normalized spacial score (nSPS) is 26.3. The molecule has 2 fully saturated rings. The van der Waals surface area contributed by atoms with E-state index < -0.39 is 0 Å². The van der Waals surface area contributed by atoms with E-state index in [9.17, 15) is 9.18 Å². The molecule has 0 spiro atoms. The molecule has 3 heterocycles. The first-order valence-electron chi connectivity index (χ1n) is 7.62. The van der Waals surface area contributed by atoms with Crippen molar-refractivity contribution in [1.29, 1.82) is 0 Å². The van der Waals surface area contributed by atoms with Crippen LogP contribution < -0.4 is 10.6 Å². The molecule has 0 radical (unpaired) electrons. The van der Waals surface area contributed by atoms with Crippen LogP contribution in [0.3, 0.4) is 0 Å². The quantitative estimate of drug-likeness (QED) is 0.916. The van der Waals surface area contributed by atoms with E-state index >= 15 is 0 Å². The highest BCUT2D eigenvalue weighted by molar-refractivity contribution is 5.92. The van der Waals surface area contributed by atoms with Crippen molar-refractivity contribution >= 4 is 5.91 Å². The number of halogens is 1. The van der Waals surface area contributed by atoms with Gasteiger partial charge in [-0.3, -0.25) is 4.79 Å². The highest BCUT2D eigenvalue weighted by Crippen LogP contribution is 2.29. The number of carbonyl (C=O) groups excluding carboxylic acids is 1. The van der Waals surface area contributed by atoms with Crippen LogP contribution in [-0.4, -0.2) is 24.0 Å². The van der Waals surface area contributed by atoms with Crippen molar-refractivity contribution in [2.75, 3.05) is 0 Å². The van der Waals surface area contributed by atoms with Crippen LogP contribution >= 0.6 is 0 Å². The Labute approximate surface area is 127 Å². The van der Waals surface area contributed by atoms with E-state index in [2.05, 4.69) is 10.6 Å². The van der Waals surface area contributed by atoms with E-state index in [1.165, 1.54) is 18.6 Å². The van der Waals surface area contributed by atoms with Crippen molar-refractivity contribution in [2.24, 2.45) is 0 Å². The molecule has 4 rings (SSSR count). The van der Waals surface area contributed by atoms with Gasteiger partial charge in [0.25, 0.3) is 5.91 Å². The maximum atomic E-state index is 13.2. The van der Waals surface area contributed by atoms with E-state index in [4.69, 9.17) is 4.42 Å². The molecule has 0 saturated carbocycles. The molecule has 2 saturated heterocycles. The van der Waals surface area contributed by atoms with Gasteiger partial charge >= 0.3 is 0 Å². The molecule has 114 valence electrons. The fraction of sp³-hybridized carbons (Fsp3) is 0.353. The van der Waals surface area contributed by atoms with Crippen LogP contribution in [0.1, 0.15) is 29.8 Å². The first kappa shape index (κ1) is 13.5. The average molecular weight is 300 g/mol. The maximum Gasteiger partial charge on any atom is 0.287 e. The largest absolute Gasteiger partial charge is 0.451 e. The number of benzene rings is 1. The van der Waals surface area contributed by atoms with Crippen LogP contribution in [0, 0.1) is 5.82 Å². The minimum absolute atomic E-state index is 0.175. The van der Waals surface area contributed by atoms with Crippen molar-refractivity contribution in [3.8, 4) is 11.3 Å². The molecule has 1 amide bonds. The van der Waals surface area contributed by atoms with Crippen LogP contribution in [0.5, 0.6) is 0 Å². The molecule has 3 atom stereocenters. The number of hydrogen-bond acceptors (Lipinski definition) is 3. The van der Waals surface area contributed by atoms with Crippen molar-refractivity contribution in [2.45, 2.75) is 37.4 Å². The Morgan fingerprint density at radius 2 is 2.18 bits per heavy atom. The Morgan fingerprint density at radius 3 is 2.91 bits per heavy atom. The maximum absolute atomic E-state index is 13.2. The summed E-state index contributed by atoms with van der Waals surface area (Å²) >= 11 is 0. The molecule has 0 aliphatic carbocycles. The van der Waals surface area contributed by atoms with E-state index in [0.717, 1.165) is 12.8 Å². The van der Waals surface area contributed by atoms with E-state index in [1.807, 2.05) is 0 Å². The lowest BCUT2D eigenvalue weighted by Crippen LogP contribution is -2.42. The Bertz CT molecular complexity index is 712. The Morgan fingerprint density at radius 1 is 1.27 bits per heavy atom. The molecule has 1 aromatic carbocycles. The van der Waals surface area contributed by atoms with Gasteiger partial charge in [0.15, 0.2) is 5.76 Å². The molecule has 4 nitrogen and oxygen atoms in total. The van der Waals surface area contributed by atoms with Gasteiger partial charge in [-0.1, -0.05) is 12.1 Å². The van der Waals surface area contributed by atoms with Crippen LogP contribution in [0.25, 0.3) is 11.3 Å². The molecular formula is C17H17FN2O2. The Hall–Kier alpha value is -2.14. The number of hydrogen-bond donors (Lipinski definition) is 2. The van der Waals surface area contributed by atoms with Gasteiger partial charge in [-0.2, -0.15) is 0 Å². The molecule has 2 aliphatic rings. The minimum atomic E-state index is -0.326. The van der Waals surface area contributed by atoms with Crippen molar-refractivity contribution in [1.82, 2.24) is 10.6 Å². The third kappa shape index (κ3) is 2.41. The summed E-state index contributed by atoms with van der Waals surface area (Å²) in [6.07, 6.45) is 3.29. The molecule has 1 aromatic heterocycles. The smallest absolute Gasteiger partial charge is 0.287 e. The highest BCUT2D eigenvalue weighted by atomic mass is 19.1. The monoisotopic (exact) mass is 300 g/mol. The predicted molar refractivity (Wildman–Crippen MR) is 79.9 cm³/mol. The third-order valence-corrected chi connectivity index (χ3v) is 4.56. The van der Waals surface area contributed by atoms with Crippen LogP contribution in [0.15, 0.2) is 40.8 Å². The number of rotatable bonds is 3. The molecule has 5 heteroatoms. The minimum Gasteiger partial charge on any atom is -0.451 e. The van der Waals surface area contributed by atoms with Crippen molar-refractivity contribution in [3.63, 3.8) is 0 Å². The summed E-state index contributed by atoms with van der Waals surface area (Å²) in [7, 11) is 0. The van der Waals surface area contributed by atoms with Crippen molar-refractivity contribution < 1.29 is 13.6 Å². The number of amides is 1. The molecule has 0 unspecified atom stereocenters. The fourth-order valence-electron chi connectivity index (χ4n) is 3.48. The zero-order valence-electron chi connectivity index (χ0n) is 12.0. The first-order valence-corrected chi connectivity index (χ1v) is 7.62. The number of nitrogens with one attached hydrogen (secondary N) is 2. The predicted octanol–water partition coefficient (Wildman–Crippen LogP) is 2.71. The fourth-order valence-corrected chi connectivity index (χ4v) is 3.48. The standard InChI is InChI=1S/C17H17FN2O2/c18-11-3-1-2-10(8-11)15-6-7-16(22-15)17(21)20-14-9-12-4-5-13(14)19-12/h1-3,6-8,12-14,19H,4-5,9H2,(H,20,21)/t12-,13+,14-/m1/s1. The van der Waals surface area contributed by atoms with Gasteiger partial charge in [-0.05, 0) is 43.5 Å². The second-order valence-electron chi connectivity index (χ2n) is 6.04. The zero-order chi connectivity index (χ0) is 15.1. The summed E-state index contributed by atoms with van der Waals surface area (Å²) in [6, 6.07) is 10.6. The number of furan rings is 1. The lowest BCUT2D eigenvalue weighted by Gasteiger charge is -2.20. The second kappa shape index (κ2) is 5.25. The highest BCUT2D eigenvalue weighted by Gasteiger charge is 2.39. The van der Waals surface area contributed by atoms with Crippen LogP contribution in [0.4, 0.5) is 4.39 Å². The van der Waals surface area contributed by atoms with Gasteiger partial charge in [0.1, 0.15) is 11.6 Å². The lowest BCUT2D eigenvalue weighted by molar-refractivity contribution is 0.0903. The van der Waals surface area contributed by atoms with Gasteiger partial charge in [0.05, 0.1) is 0 Å². The first-order chi connectivity index (χ1) is 10.7. The van der Waals surface area contributed by atoms with Crippen LogP contribution in [0.2, 0.25) is 0 Å². The third-order valence-electron chi connectivity index (χ3n) is 4.56. The number of carbonyl (C=O) groups is 1. The topological polar surface area (TPSA) is 54.3 Å². The van der Waals surface area contributed by atoms with E-state index in [0.29, 0.717) is 23.4 Å². The van der Waals surface area contributed by atoms with Gasteiger partial charge in [-0.25, -0.2) is 4.39 Å². The average Bonchev–Trinajstić information content (AvgIpc) is 3.23. The van der Waals surface area contributed by atoms with Gasteiger partial charge in [-0.15, -0.1) is 0 Å². The zero-order valence-corrected chi connectivity index (χ0v) is 12.0. The summed E-state index contributed by atoms with van der Waals surface area (Å²) in [6.45, 7) is 0. The van der Waals surface area contributed by atoms with Gasteiger partial charge in [0.2, 0.25) is 0 Å². The lowest BCUT2D eigenvalue weighted by atomic mass is 9.95. The van der Waals surface area contributed by atoms with E-state index in [1.54, 1.807) is 24.3 Å². The summed E-state index contributed by atoms with van der Waals surface area (Å²) < 4.78 is 18.8. The summed E-state index contributed by atoms with van der Waals surface area (Å²) in [4.78, 5) is 12.3. The number of fused-ring (bicyclic) bond motifs is 2. The Balaban J connectivity index is 1.48. The second-order valence-corrected chi connectivity index (χ2v) is 6.04. The Kier molecular flexibility index (Phi) is 3.22.